The lowest BCUT2D eigenvalue weighted by molar-refractivity contribution is 0.0956. The second kappa shape index (κ2) is 14.0. The fourth-order valence-electron chi connectivity index (χ4n) is 4.31. The first-order valence-corrected chi connectivity index (χ1v) is 14.1. The minimum atomic E-state index is -0.699. The standard InChI is InChI=1S/C33H33BrN4O4/c1-21-4-5-24(16-22(21)2)18-35-37-33(42)29-17-27(34)12-15-30(29)36-32(41)26-8-6-23(7-9-26)19-38(3)20-31(40)25-10-13-28(39)14-11-25/h4-18,31,39-40H,19-20H2,1-3H3,(H,36,41)(H,37,42)/b35-18+. The van der Waals surface area contributed by atoms with E-state index in [9.17, 15) is 19.8 Å². The number of carbonyl (C=O) groups excluding carboxylic acids is 2. The molecule has 1 unspecified atom stereocenters. The topological polar surface area (TPSA) is 114 Å². The van der Waals surface area contributed by atoms with Crippen LogP contribution in [0.1, 0.15) is 54.6 Å². The van der Waals surface area contributed by atoms with Crippen molar-refractivity contribution in [2.24, 2.45) is 5.10 Å². The molecule has 42 heavy (non-hydrogen) atoms. The van der Waals surface area contributed by atoms with E-state index in [0.29, 0.717) is 28.8 Å². The highest BCUT2D eigenvalue weighted by Gasteiger charge is 2.16. The van der Waals surface area contributed by atoms with Gasteiger partial charge in [-0.3, -0.25) is 14.5 Å². The highest BCUT2D eigenvalue weighted by Crippen LogP contribution is 2.23. The van der Waals surface area contributed by atoms with Crippen LogP contribution >= 0.6 is 15.9 Å². The number of amides is 2. The van der Waals surface area contributed by atoms with Crippen molar-refractivity contribution >= 4 is 39.6 Å². The van der Waals surface area contributed by atoms with Crippen LogP contribution in [0.4, 0.5) is 5.69 Å². The van der Waals surface area contributed by atoms with E-state index in [2.05, 4.69) is 31.8 Å². The van der Waals surface area contributed by atoms with Gasteiger partial charge in [-0.2, -0.15) is 5.10 Å². The van der Waals surface area contributed by atoms with Gasteiger partial charge in [0.1, 0.15) is 5.75 Å². The van der Waals surface area contributed by atoms with Crippen molar-refractivity contribution < 1.29 is 19.8 Å². The minimum absolute atomic E-state index is 0.154. The van der Waals surface area contributed by atoms with Crippen LogP contribution in [-0.4, -0.2) is 46.7 Å². The molecule has 4 aromatic rings. The van der Waals surface area contributed by atoms with E-state index < -0.39 is 12.0 Å². The molecule has 4 N–H and O–H groups in total. The Morgan fingerprint density at radius 1 is 0.929 bits per heavy atom. The molecule has 0 spiro atoms. The second-order valence-electron chi connectivity index (χ2n) is 10.2. The zero-order valence-corrected chi connectivity index (χ0v) is 25.2. The molecule has 0 saturated carbocycles. The summed E-state index contributed by atoms with van der Waals surface area (Å²) in [5.41, 5.74) is 8.46. The fraction of sp³-hybridized carbons (Fsp3) is 0.182. The number of aryl methyl sites for hydroxylation is 2. The Bertz CT molecular complexity index is 1590. The number of phenols is 1. The van der Waals surface area contributed by atoms with Crippen molar-refractivity contribution in [1.29, 1.82) is 0 Å². The summed E-state index contributed by atoms with van der Waals surface area (Å²) in [6.07, 6.45) is 0.878. The normalized spacial score (nSPS) is 12.0. The lowest BCUT2D eigenvalue weighted by Crippen LogP contribution is -2.24. The summed E-state index contributed by atoms with van der Waals surface area (Å²) in [6, 6.07) is 24.6. The van der Waals surface area contributed by atoms with Crippen LogP contribution in [0.15, 0.2) is 94.5 Å². The van der Waals surface area contributed by atoms with Gasteiger partial charge in [-0.15, -0.1) is 0 Å². The fourth-order valence-corrected chi connectivity index (χ4v) is 4.67. The highest BCUT2D eigenvalue weighted by atomic mass is 79.9. The van der Waals surface area contributed by atoms with Gasteiger partial charge in [-0.25, -0.2) is 5.43 Å². The number of rotatable bonds is 10. The molecule has 9 heteroatoms. The summed E-state index contributed by atoms with van der Waals surface area (Å²) in [5.74, 6) is -0.659. The van der Waals surface area contributed by atoms with Crippen LogP contribution in [0.2, 0.25) is 0 Å². The number of carbonyl (C=O) groups is 2. The van der Waals surface area contributed by atoms with Gasteiger partial charge in [-0.1, -0.05) is 58.4 Å². The first-order valence-electron chi connectivity index (χ1n) is 13.3. The predicted molar refractivity (Wildman–Crippen MR) is 169 cm³/mol. The van der Waals surface area contributed by atoms with Crippen molar-refractivity contribution in [3.05, 3.63) is 128 Å². The number of aliphatic hydroxyl groups excluding tert-OH is 1. The zero-order valence-electron chi connectivity index (χ0n) is 23.6. The van der Waals surface area contributed by atoms with E-state index in [1.54, 1.807) is 60.8 Å². The molecule has 4 rings (SSSR count). The summed E-state index contributed by atoms with van der Waals surface area (Å²) < 4.78 is 0.688. The first-order chi connectivity index (χ1) is 20.1. The third-order valence-electron chi connectivity index (χ3n) is 6.82. The van der Waals surface area contributed by atoms with Crippen molar-refractivity contribution in [2.75, 3.05) is 18.9 Å². The van der Waals surface area contributed by atoms with Gasteiger partial charge in [0, 0.05) is 23.1 Å². The molecular weight excluding hydrogens is 596 g/mol. The molecule has 2 amide bonds. The number of nitrogens with one attached hydrogen (secondary N) is 2. The van der Waals surface area contributed by atoms with Gasteiger partial charge in [0.05, 0.1) is 23.6 Å². The molecule has 8 nitrogen and oxygen atoms in total. The lowest BCUT2D eigenvalue weighted by atomic mass is 10.1. The van der Waals surface area contributed by atoms with Crippen molar-refractivity contribution in [2.45, 2.75) is 26.5 Å². The third kappa shape index (κ3) is 8.36. The third-order valence-corrected chi connectivity index (χ3v) is 7.31. The Balaban J connectivity index is 1.36. The van der Waals surface area contributed by atoms with Crippen LogP contribution in [-0.2, 0) is 6.54 Å². The molecule has 0 bridgehead atoms. The van der Waals surface area contributed by atoms with Gasteiger partial charge in [-0.05, 0) is 91.2 Å². The van der Waals surface area contributed by atoms with E-state index in [4.69, 9.17) is 0 Å². The molecule has 0 heterocycles. The zero-order chi connectivity index (χ0) is 30.2. The van der Waals surface area contributed by atoms with E-state index in [0.717, 1.165) is 22.3 Å². The second-order valence-corrected chi connectivity index (χ2v) is 11.1. The molecule has 0 aliphatic carbocycles. The minimum Gasteiger partial charge on any atom is -0.508 e. The SMILES string of the molecule is Cc1ccc(/C=N/NC(=O)c2cc(Br)ccc2NC(=O)c2ccc(CN(C)CC(O)c3ccc(O)cc3)cc2)cc1C. The Labute approximate surface area is 253 Å². The van der Waals surface area contributed by atoms with E-state index in [-0.39, 0.29) is 17.2 Å². The summed E-state index contributed by atoms with van der Waals surface area (Å²) in [5, 5.41) is 26.9. The average Bonchev–Trinajstić information content (AvgIpc) is 2.96. The van der Waals surface area contributed by atoms with Crippen LogP contribution in [0.3, 0.4) is 0 Å². The quantitative estimate of drug-likeness (QED) is 0.128. The monoisotopic (exact) mass is 628 g/mol. The van der Waals surface area contributed by atoms with Gasteiger partial charge in [0.15, 0.2) is 0 Å². The molecule has 0 radical (unpaired) electrons. The molecule has 0 fully saturated rings. The number of aliphatic hydroxyl groups is 1. The summed E-state index contributed by atoms with van der Waals surface area (Å²) in [7, 11) is 1.90. The van der Waals surface area contributed by atoms with Crippen LogP contribution in [0.25, 0.3) is 0 Å². The lowest BCUT2D eigenvalue weighted by Gasteiger charge is -2.21. The number of hydrogen-bond donors (Lipinski definition) is 4. The average molecular weight is 630 g/mol. The molecular formula is C33H33BrN4O4. The van der Waals surface area contributed by atoms with Crippen molar-refractivity contribution in [1.82, 2.24) is 10.3 Å². The molecule has 216 valence electrons. The number of aromatic hydroxyl groups is 1. The number of benzene rings is 4. The Hall–Kier alpha value is -4.31. The van der Waals surface area contributed by atoms with E-state index >= 15 is 0 Å². The molecule has 0 aliphatic rings. The van der Waals surface area contributed by atoms with E-state index in [1.165, 1.54) is 5.56 Å². The Morgan fingerprint density at radius 2 is 1.64 bits per heavy atom. The van der Waals surface area contributed by atoms with Crippen LogP contribution in [0.5, 0.6) is 5.75 Å². The first kappa shape index (κ1) is 30.6. The van der Waals surface area contributed by atoms with Crippen molar-refractivity contribution in [3.63, 3.8) is 0 Å². The van der Waals surface area contributed by atoms with Crippen LogP contribution < -0.4 is 10.7 Å². The summed E-state index contributed by atoms with van der Waals surface area (Å²) in [4.78, 5) is 28.0. The maximum Gasteiger partial charge on any atom is 0.273 e. The number of anilines is 1. The number of likely N-dealkylation sites (N-methyl/N-ethyl adjacent to an activating group) is 1. The van der Waals surface area contributed by atoms with Gasteiger partial charge >= 0.3 is 0 Å². The number of nitrogens with zero attached hydrogens (tertiary/aromatic N) is 2. The molecule has 0 saturated heterocycles. The Morgan fingerprint density at radius 3 is 2.33 bits per heavy atom. The summed E-state index contributed by atoms with van der Waals surface area (Å²) >= 11 is 3.39. The number of phenolic OH excluding ortho intramolecular Hbond substituents is 1. The van der Waals surface area contributed by atoms with Gasteiger partial charge < -0.3 is 15.5 Å². The van der Waals surface area contributed by atoms with Gasteiger partial charge in [0.2, 0.25) is 0 Å². The molecule has 1 atom stereocenters. The van der Waals surface area contributed by atoms with Gasteiger partial charge in [0.25, 0.3) is 11.8 Å². The molecule has 4 aromatic carbocycles. The maximum absolute atomic E-state index is 13.0. The maximum atomic E-state index is 13.0. The number of hydrogen-bond acceptors (Lipinski definition) is 6. The number of hydrazone groups is 1. The highest BCUT2D eigenvalue weighted by molar-refractivity contribution is 9.10. The predicted octanol–water partition coefficient (Wildman–Crippen LogP) is 5.95. The number of halogens is 1. The van der Waals surface area contributed by atoms with E-state index in [1.807, 2.05) is 56.1 Å². The smallest absolute Gasteiger partial charge is 0.273 e. The van der Waals surface area contributed by atoms with Crippen molar-refractivity contribution in [3.8, 4) is 5.75 Å². The molecule has 0 aromatic heterocycles. The largest absolute Gasteiger partial charge is 0.508 e. The summed E-state index contributed by atoms with van der Waals surface area (Å²) in [6.45, 7) is 5.01. The molecule has 0 aliphatic heterocycles. The Kier molecular flexibility index (Phi) is 10.2. The van der Waals surface area contributed by atoms with Crippen LogP contribution in [0, 0.1) is 13.8 Å².